The Morgan fingerprint density at radius 3 is 2.71 bits per heavy atom. The molecule has 7 nitrogen and oxygen atoms in total. The van der Waals surface area contributed by atoms with Crippen LogP contribution >= 0.6 is 0 Å². The standard InChI is InChI=1S/C14H24N6O/c1-18(2)5-6-19-7-9-20(10-8-19)12-3-4-16-13(11-12)14(15)17-21/h3-4,11,21H,5-10H2,1-2H3,(H2,15,17). The van der Waals surface area contributed by atoms with E-state index >= 15 is 0 Å². The Balaban J connectivity index is 1.93. The Hall–Kier alpha value is -1.86. The van der Waals surface area contributed by atoms with Gasteiger partial charge in [-0.2, -0.15) is 0 Å². The first-order valence-corrected chi connectivity index (χ1v) is 7.16. The number of likely N-dealkylation sites (N-methyl/N-ethyl adjacent to an activating group) is 1. The second kappa shape index (κ2) is 7.24. The first-order valence-electron chi connectivity index (χ1n) is 7.16. The van der Waals surface area contributed by atoms with Crippen molar-refractivity contribution in [2.75, 3.05) is 58.3 Å². The molecule has 116 valence electrons. The van der Waals surface area contributed by atoms with E-state index in [0.717, 1.165) is 45.0 Å². The minimum Gasteiger partial charge on any atom is -0.409 e. The fourth-order valence-electron chi connectivity index (χ4n) is 2.38. The molecule has 2 heterocycles. The van der Waals surface area contributed by atoms with Gasteiger partial charge in [-0.05, 0) is 26.2 Å². The molecule has 0 aromatic carbocycles. The van der Waals surface area contributed by atoms with Gasteiger partial charge in [0.1, 0.15) is 5.69 Å². The Morgan fingerprint density at radius 2 is 2.10 bits per heavy atom. The summed E-state index contributed by atoms with van der Waals surface area (Å²) in [6.45, 7) is 6.25. The van der Waals surface area contributed by atoms with Crippen LogP contribution in [-0.4, -0.2) is 79.2 Å². The Labute approximate surface area is 125 Å². The zero-order valence-electron chi connectivity index (χ0n) is 12.7. The molecule has 0 aliphatic carbocycles. The number of nitrogens with two attached hydrogens (primary N) is 1. The van der Waals surface area contributed by atoms with Gasteiger partial charge in [0.2, 0.25) is 0 Å². The van der Waals surface area contributed by atoms with E-state index < -0.39 is 0 Å². The van der Waals surface area contributed by atoms with Gasteiger partial charge in [-0.3, -0.25) is 9.88 Å². The summed E-state index contributed by atoms with van der Waals surface area (Å²) in [7, 11) is 4.20. The van der Waals surface area contributed by atoms with Crippen molar-refractivity contribution >= 4 is 11.5 Å². The van der Waals surface area contributed by atoms with Gasteiger partial charge in [0.05, 0.1) is 0 Å². The van der Waals surface area contributed by atoms with Crippen LogP contribution < -0.4 is 10.6 Å². The molecule has 1 aliphatic heterocycles. The Morgan fingerprint density at radius 1 is 1.38 bits per heavy atom. The zero-order valence-corrected chi connectivity index (χ0v) is 12.7. The summed E-state index contributed by atoms with van der Waals surface area (Å²) in [5.74, 6) is 0.0430. The molecule has 1 aromatic rings. The molecule has 1 aliphatic rings. The second-order valence-electron chi connectivity index (χ2n) is 5.52. The summed E-state index contributed by atoms with van der Waals surface area (Å²) in [4.78, 5) is 11.1. The molecular formula is C14H24N6O. The maximum Gasteiger partial charge on any atom is 0.188 e. The van der Waals surface area contributed by atoms with E-state index in [0.29, 0.717) is 5.69 Å². The number of amidine groups is 1. The lowest BCUT2D eigenvalue weighted by Crippen LogP contribution is -2.48. The maximum atomic E-state index is 8.73. The van der Waals surface area contributed by atoms with E-state index in [-0.39, 0.29) is 5.84 Å². The SMILES string of the molecule is CN(C)CCN1CCN(c2ccnc(C(N)=NO)c2)CC1. The van der Waals surface area contributed by atoms with Gasteiger partial charge >= 0.3 is 0 Å². The molecule has 1 saturated heterocycles. The molecule has 0 amide bonds. The highest BCUT2D eigenvalue weighted by Crippen LogP contribution is 2.16. The molecule has 0 spiro atoms. The highest BCUT2D eigenvalue weighted by atomic mass is 16.4. The van der Waals surface area contributed by atoms with Crippen LogP contribution in [0.2, 0.25) is 0 Å². The summed E-state index contributed by atoms with van der Waals surface area (Å²) in [6.07, 6.45) is 1.70. The van der Waals surface area contributed by atoms with Crippen LogP contribution in [0.4, 0.5) is 5.69 Å². The number of hydrogen-bond acceptors (Lipinski definition) is 6. The summed E-state index contributed by atoms with van der Waals surface area (Å²) >= 11 is 0. The van der Waals surface area contributed by atoms with Gasteiger partial charge in [0, 0.05) is 51.2 Å². The third kappa shape index (κ3) is 4.30. The van der Waals surface area contributed by atoms with Crippen molar-refractivity contribution in [3.63, 3.8) is 0 Å². The van der Waals surface area contributed by atoms with Crippen molar-refractivity contribution in [1.82, 2.24) is 14.8 Å². The van der Waals surface area contributed by atoms with E-state index in [4.69, 9.17) is 10.9 Å². The summed E-state index contributed by atoms with van der Waals surface area (Å²) in [5, 5.41) is 11.7. The molecule has 0 unspecified atom stereocenters. The van der Waals surface area contributed by atoms with E-state index in [2.05, 4.69) is 38.9 Å². The van der Waals surface area contributed by atoms with Crippen LogP contribution in [0.1, 0.15) is 5.69 Å². The van der Waals surface area contributed by atoms with Crippen LogP contribution in [0.3, 0.4) is 0 Å². The van der Waals surface area contributed by atoms with Crippen LogP contribution in [0.25, 0.3) is 0 Å². The van der Waals surface area contributed by atoms with Gasteiger partial charge in [0.25, 0.3) is 0 Å². The third-order valence-electron chi connectivity index (χ3n) is 3.71. The highest BCUT2D eigenvalue weighted by molar-refractivity contribution is 5.95. The molecule has 1 fully saturated rings. The number of aromatic nitrogens is 1. The van der Waals surface area contributed by atoms with Gasteiger partial charge in [-0.15, -0.1) is 0 Å². The Bertz CT molecular complexity index is 482. The average molecular weight is 292 g/mol. The van der Waals surface area contributed by atoms with E-state index in [1.165, 1.54) is 0 Å². The normalized spacial score (nSPS) is 17.5. The lowest BCUT2D eigenvalue weighted by atomic mass is 10.2. The molecule has 2 rings (SSSR count). The fourth-order valence-corrected chi connectivity index (χ4v) is 2.38. The molecule has 1 aromatic heterocycles. The van der Waals surface area contributed by atoms with Crippen LogP contribution in [-0.2, 0) is 0 Å². The smallest absolute Gasteiger partial charge is 0.188 e. The van der Waals surface area contributed by atoms with Gasteiger partial charge < -0.3 is 20.7 Å². The van der Waals surface area contributed by atoms with E-state index in [1.54, 1.807) is 6.20 Å². The first kappa shape index (κ1) is 15.5. The average Bonchev–Trinajstić information content (AvgIpc) is 2.52. The molecule has 0 radical (unpaired) electrons. The third-order valence-corrected chi connectivity index (χ3v) is 3.71. The monoisotopic (exact) mass is 292 g/mol. The lowest BCUT2D eigenvalue weighted by Gasteiger charge is -2.36. The van der Waals surface area contributed by atoms with Crippen molar-refractivity contribution in [2.24, 2.45) is 10.9 Å². The van der Waals surface area contributed by atoms with Crippen molar-refractivity contribution < 1.29 is 5.21 Å². The van der Waals surface area contributed by atoms with Gasteiger partial charge in [-0.25, -0.2) is 0 Å². The molecule has 7 heteroatoms. The Kier molecular flexibility index (Phi) is 5.35. The summed E-state index contributed by atoms with van der Waals surface area (Å²) in [6, 6.07) is 3.83. The minimum absolute atomic E-state index is 0.0430. The highest BCUT2D eigenvalue weighted by Gasteiger charge is 2.17. The van der Waals surface area contributed by atoms with Crippen LogP contribution in [0.5, 0.6) is 0 Å². The second-order valence-corrected chi connectivity index (χ2v) is 5.52. The topological polar surface area (TPSA) is 81.2 Å². The van der Waals surface area contributed by atoms with Crippen LogP contribution in [0, 0.1) is 0 Å². The molecular weight excluding hydrogens is 268 g/mol. The zero-order chi connectivity index (χ0) is 15.2. The molecule has 21 heavy (non-hydrogen) atoms. The fraction of sp³-hybridized carbons (Fsp3) is 0.571. The number of oxime groups is 1. The lowest BCUT2D eigenvalue weighted by molar-refractivity contribution is 0.229. The van der Waals surface area contributed by atoms with Crippen molar-refractivity contribution in [1.29, 1.82) is 0 Å². The number of pyridine rings is 1. The molecule has 0 saturated carbocycles. The molecule has 0 bridgehead atoms. The van der Waals surface area contributed by atoms with Crippen molar-refractivity contribution in [2.45, 2.75) is 0 Å². The van der Waals surface area contributed by atoms with Gasteiger partial charge in [0.15, 0.2) is 5.84 Å². The first-order chi connectivity index (χ1) is 10.1. The predicted molar refractivity (Wildman–Crippen MR) is 84.0 cm³/mol. The number of piperazine rings is 1. The van der Waals surface area contributed by atoms with Gasteiger partial charge in [-0.1, -0.05) is 5.16 Å². The minimum atomic E-state index is 0.0430. The number of hydrogen-bond donors (Lipinski definition) is 2. The summed E-state index contributed by atoms with van der Waals surface area (Å²) in [5.41, 5.74) is 7.16. The van der Waals surface area contributed by atoms with E-state index in [9.17, 15) is 0 Å². The van der Waals surface area contributed by atoms with E-state index in [1.807, 2.05) is 12.1 Å². The quantitative estimate of drug-likeness (QED) is 0.340. The van der Waals surface area contributed by atoms with Crippen molar-refractivity contribution in [3.8, 4) is 0 Å². The molecule has 0 atom stereocenters. The number of anilines is 1. The van der Waals surface area contributed by atoms with Crippen LogP contribution in [0.15, 0.2) is 23.5 Å². The number of rotatable bonds is 5. The summed E-state index contributed by atoms with van der Waals surface area (Å²) < 4.78 is 0. The number of nitrogens with zero attached hydrogens (tertiary/aromatic N) is 5. The molecule has 3 N–H and O–H groups in total. The van der Waals surface area contributed by atoms with Crippen molar-refractivity contribution in [3.05, 3.63) is 24.0 Å². The maximum absolute atomic E-state index is 8.73. The largest absolute Gasteiger partial charge is 0.409 e. The predicted octanol–water partition coefficient (Wildman–Crippen LogP) is -0.140.